The monoisotopic (exact) mass is 223 g/mol. The summed E-state index contributed by atoms with van der Waals surface area (Å²) in [4.78, 5) is 0. The molecular formula is C13H21NO2. The van der Waals surface area contributed by atoms with Crippen LogP contribution in [0.2, 0.25) is 0 Å². The molecule has 0 amide bonds. The minimum absolute atomic E-state index is 0.435. The van der Waals surface area contributed by atoms with E-state index < -0.39 is 0 Å². The van der Waals surface area contributed by atoms with E-state index in [-0.39, 0.29) is 0 Å². The molecule has 1 rings (SSSR count). The van der Waals surface area contributed by atoms with E-state index in [9.17, 15) is 0 Å². The summed E-state index contributed by atoms with van der Waals surface area (Å²) in [6.45, 7) is 3.51. The Balaban J connectivity index is 2.99. The molecule has 1 unspecified atom stereocenters. The molecule has 0 aliphatic carbocycles. The summed E-state index contributed by atoms with van der Waals surface area (Å²) in [5.41, 5.74) is 8.08. The zero-order valence-electron chi connectivity index (χ0n) is 10.3. The molecule has 90 valence electrons. The number of hydrogen-bond acceptors (Lipinski definition) is 3. The predicted molar refractivity (Wildman–Crippen MR) is 65.8 cm³/mol. The van der Waals surface area contributed by atoms with Crippen LogP contribution in [0.4, 0.5) is 0 Å². The molecule has 0 bridgehead atoms. The van der Waals surface area contributed by atoms with E-state index in [1.807, 2.05) is 6.07 Å². The van der Waals surface area contributed by atoms with Crippen LogP contribution < -0.4 is 10.5 Å². The Kier molecular flexibility index (Phi) is 5.29. The molecule has 3 nitrogen and oxygen atoms in total. The van der Waals surface area contributed by atoms with E-state index in [0.29, 0.717) is 19.1 Å². The zero-order valence-corrected chi connectivity index (χ0v) is 10.3. The SMILES string of the molecule is COCc1ccc(OC)cc1C(C)CCN. The van der Waals surface area contributed by atoms with Gasteiger partial charge in [-0.3, -0.25) is 0 Å². The summed E-state index contributed by atoms with van der Waals surface area (Å²) in [7, 11) is 3.39. The van der Waals surface area contributed by atoms with Crippen molar-refractivity contribution in [3.8, 4) is 5.75 Å². The lowest BCUT2D eigenvalue weighted by Gasteiger charge is -2.16. The van der Waals surface area contributed by atoms with Crippen LogP contribution in [0.15, 0.2) is 18.2 Å². The molecule has 3 heteroatoms. The topological polar surface area (TPSA) is 44.5 Å². The molecule has 0 aliphatic heterocycles. The van der Waals surface area contributed by atoms with Gasteiger partial charge in [-0.05, 0) is 42.1 Å². The molecule has 1 aromatic rings. The molecule has 0 saturated carbocycles. The highest BCUT2D eigenvalue weighted by atomic mass is 16.5. The minimum Gasteiger partial charge on any atom is -0.497 e. The quantitative estimate of drug-likeness (QED) is 0.804. The Hall–Kier alpha value is -1.06. The molecule has 0 aliphatic rings. The number of ether oxygens (including phenoxy) is 2. The van der Waals surface area contributed by atoms with Crippen LogP contribution >= 0.6 is 0 Å². The summed E-state index contributed by atoms with van der Waals surface area (Å²) in [5, 5.41) is 0. The van der Waals surface area contributed by atoms with Gasteiger partial charge in [0.2, 0.25) is 0 Å². The van der Waals surface area contributed by atoms with Crippen molar-refractivity contribution in [2.24, 2.45) is 5.73 Å². The molecule has 0 radical (unpaired) electrons. The summed E-state index contributed by atoms with van der Waals surface area (Å²) in [6.07, 6.45) is 0.976. The first-order chi connectivity index (χ1) is 7.72. The van der Waals surface area contributed by atoms with Crippen molar-refractivity contribution in [3.05, 3.63) is 29.3 Å². The molecular weight excluding hydrogens is 202 g/mol. The minimum atomic E-state index is 0.435. The fourth-order valence-electron chi connectivity index (χ4n) is 1.85. The molecule has 1 atom stereocenters. The summed E-state index contributed by atoms with van der Waals surface area (Å²) in [6, 6.07) is 6.10. The maximum Gasteiger partial charge on any atom is 0.119 e. The van der Waals surface area contributed by atoms with Crippen molar-refractivity contribution in [1.82, 2.24) is 0 Å². The highest BCUT2D eigenvalue weighted by Crippen LogP contribution is 2.27. The number of methoxy groups -OCH3 is 2. The van der Waals surface area contributed by atoms with Crippen LogP contribution in [0.5, 0.6) is 5.75 Å². The first kappa shape index (κ1) is 13.0. The molecule has 2 N–H and O–H groups in total. The molecule has 0 aromatic heterocycles. The lowest BCUT2D eigenvalue weighted by Crippen LogP contribution is -2.07. The Labute approximate surface area is 97.6 Å². The standard InChI is InChI=1S/C13H21NO2/c1-10(6-7-14)13-8-12(16-3)5-4-11(13)9-15-2/h4-5,8,10H,6-7,9,14H2,1-3H3. The van der Waals surface area contributed by atoms with Crippen molar-refractivity contribution in [1.29, 1.82) is 0 Å². The Morgan fingerprint density at radius 2 is 2.06 bits per heavy atom. The van der Waals surface area contributed by atoms with Crippen LogP contribution in [0.25, 0.3) is 0 Å². The van der Waals surface area contributed by atoms with Gasteiger partial charge in [0.25, 0.3) is 0 Å². The van der Waals surface area contributed by atoms with Gasteiger partial charge >= 0.3 is 0 Å². The highest BCUT2D eigenvalue weighted by molar-refractivity contribution is 5.37. The van der Waals surface area contributed by atoms with Gasteiger partial charge in [-0.15, -0.1) is 0 Å². The van der Waals surface area contributed by atoms with Crippen LogP contribution in [-0.4, -0.2) is 20.8 Å². The Morgan fingerprint density at radius 1 is 1.31 bits per heavy atom. The summed E-state index contributed by atoms with van der Waals surface area (Å²) < 4.78 is 10.4. The van der Waals surface area contributed by atoms with Gasteiger partial charge in [-0.1, -0.05) is 13.0 Å². The molecule has 16 heavy (non-hydrogen) atoms. The summed E-state index contributed by atoms with van der Waals surface area (Å²) in [5.74, 6) is 1.32. The average Bonchev–Trinajstić information content (AvgIpc) is 2.30. The third kappa shape index (κ3) is 3.22. The predicted octanol–water partition coefficient (Wildman–Crippen LogP) is 2.29. The van der Waals surface area contributed by atoms with Crippen LogP contribution in [0, 0.1) is 0 Å². The van der Waals surface area contributed by atoms with Gasteiger partial charge in [0.05, 0.1) is 13.7 Å². The first-order valence-electron chi connectivity index (χ1n) is 5.58. The van der Waals surface area contributed by atoms with Crippen LogP contribution in [0.1, 0.15) is 30.4 Å². The third-order valence-electron chi connectivity index (χ3n) is 2.78. The van der Waals surface area contributed by atoms with Crippen LogP contribution in [-0.2, 0) is 11.3 Å². The maximum absolute atomic E-state index is 5.60. The van der Waals surface area contributed by atoms with Crippen LogP contribution in [0.3, 0.4) is 0 Å². The van der Waals surface area contributed by atoms with Gasteiger partial charge in [-0.2, -0.15) is 0 Å². The van der Waals surface area contributed by atoms with E-state index in [4.69, 9.17) is 15.2 Å². The largest absolute Gasteiger partial charge is 0.497 e. The van der Waals surface area contributed by atoms with Crippen molar-refractivity contribution in [2.45, 2.75) is 25.9 Å². The average molecular weight is 223 g/mol. The number of rotatable bonds is 6. The van der Waals surface area contributed by atoms with Gasteiger partial charge in [0, 0.05) is 7.11 Å². The molecule has 0 saturated heterocycles. The Bertz CT molecular complexity index is 326. The number of benzene rings is 1. The first-order valence-corrected chi connectivity index (χ1v) is 5.58. The summed E-state index contributed by atoms with van der Waals surface area (Å²) >= 11 is 0. The molecule has 0 heterocycles. The van der Waals surface area contributed by atoms with Crippen molar-refractivity contribution in [3.63, 3.8) is 0 Å². The second-order valence-corrected chi connectivity index (χ2v) is 3.98. The highest BCUT2D eigenvalue weighted by Gasteiger charge is 2.11. The second kappa shape index (κ2) is 6.51. The normalized spacial score (nSPS) is 12.5. The third-order valence-corrected chi connectivity index (χ3v) is 2.78. The number of hydrogen-bond donors (Lipinski definition) is 1. The fraction of sp³-hybridized carbons (Fsp3) is 0.538. The van der Waals surface area contributed by atoms with Crippen molar-refractivity contribution >= 4 is 0 Å². The fourth-order valence-corrected chi connectivity index (χ4v) is 1.85. The van der Waals surface area contributed by atoms with E-state index >= 15 is 0 Å². The molecule has 0 spiro atoms. The van der Waals surface area contributed by atoms with Gasteiger partial charge in [0.1, 0.15) is 5.75 Å². The lowest BCUT2D eigenvalue weighted by atomic mass is 9.93. The number of nitrogens with two attached hydrogens (primary N) is 1. The van der Waals surface area contributed by atoms with Gasteiger partial charge < -0.3 is 15.2 Å². The molecule has 0 fully saturated rings. The lowest BCUT2D eigenvalue weighted by molar-refractivity contribution is 0.183. The van der Waals surface area contributed by atoms with Gasteiger partial charge in [0.15, 0.2) is 0 Å². The second-order valence-electron chi connectivity index (χ2n) is 3.98. The van der Waals surface area contributed by atoms with Gasteiger partial charge in [-0.25, -0.2) is 0 Å². The maximum atomic E-state index is 5.60. The van der Waals surface area contributed by atoms with Crippen molar-refractivity contribution in [2.75, 3.05) is 20.8 Å². The van der Waals surface area contributed by atoms with E-state index in [2.05, 4.69) is 19.1 Å². The van der Waals surface area contributed by atoms with Crippen molar-refractivity contribution < 1.29 is 9.47 Å². The smallest absolute Gasteiger partial charge is 0.119 e. The van der Waals surface area contributed by atoms with E-state index in [1.165, 1.54) is 11.1 Å². The molecule has 1 aromatic carbocycles. The van der Waals surface area contributed by atoms with E-state index in [0.717, 1.165) is 12.2 Å². The zero-order chi connectivity index (χ0) is 12.0. The van der Waals surface area contributed by atoms with E-state index in [1.54, 1.807) is 14.2 Å². The Morgan fingerprint density at radius 3 is 2.62 bits per heavy atom.